The van der Waals surface area contributed by atoms with E-state index < -0.39 is 16.9 Å². The topological polar surface area (TPSA) is 129 Å². The number of carbonyl (C=O) groups excluding carboxylic acids is 2. The first-order valence-corrected chi connectivity index (χ1v) is 7.69. The molecule has 0 spiro atoms. The van der Waals surface area contributed by atoms with Crippen LogP contribution in [0.3, 0.4) is 0 Å². The molecule has 2 rings (SSSR count). The lowest BCUT2D eigenvalue weighted by Gasteiger charge is -2.33. The van der Waals surface area contributed by atoms with Gasteiger partial charge in [-0.05, 0) is 12.1 Å². The summed E-state index contributed by atoms with van der Waals surface area (Å²) in [6.07, 6.45) is 1.03. The molecule has 0 atom stereocenters. The fourth-order valence-corrected chi connectivity index (χ4v) is 2.35. The van der Waals surface area contributed by atoms with E-state index >= 15 is 0 Å². The van der Waals surface area contributed by atoms with E-state index in [0.717, 1.165) is 0 Å². The lowest BCUT2D eigenvalue weighted by molar-refractivity contribution is -0.384. The molecule has 26 heavy (non-hydrogen) atoms. The number of anilines is 1. The highest BCUT2D eigenvalue weighted by Crippen LogP contribution is 2.16. The Morgan fingerprint density at radius 3 is 2.38 bits per heavy atom. The van der Waals surface area contributed by atoms with Crippen LogP contribution in [0.15, 0.2) is 36.0 Å². The molecule has 0 saturated carbocycles. The van der Waals surface area contributed by atoms with Gasteiger partial charge in [-0.2, -0.15) is 5.26 Å². The van der Waals surface area contributed by atoms with Crippen LogP contribution < -0.4 is 5.32 Å². The summed E-state index contributed by atoms with van der Waals surface area (Å²) in [5.41, 5.74) is 0.148. The van der Waals surface area contributed by atoms with E-state index in [-0.39, 0.29) is 11.3 Å². The van der Waals surface area contributed by atoms with Gasteiger partial charge in [0.25, 0.3) is 11.6 Å². The molecule has 1 aliphatic heterocycles. The SMILES string of the molecule is COC(=O)N1CCN(/C=C(/C#N)C(=O)Nc2ccc([N+](=O)[O-])cc2)CC1. The minimum atomic E-state index is -0.614. The average Bonchev–Trinajstić information content (AvgIpc) is 2.66. The second kappa shape index (κ2) is 8.48. The predicted molar refractivity (Wildman–Crippen MR) is 91.0 cm³/mol. The van der Waals surface area contributed by atoms with Crippen LogP contribution in [0.25, 0.3) is 0 Å². The van der Waals surface area contributed by atoms with Gasteiger partial charge in [-0.25, -0.2) is 4.79 Å². The fraction of sp³-hybridized carbons (Fsp3) is 0.312. The summed E-state index contributed by atoms with van der Waals surface area (Å²) in [4.78, 5) is 37.0. The van der Waals surface area contributed by atoms with Crippen LogP contribution in [-0.2, 0) is 9.53 Å². The van der Waals surface area contributed by atoms with Crippen LogP contribution >= 0.6 is 0 Å². The summed E-state index contributed by atoms with van der Waals surface area (Å²) in [7, 11) is 1.31. The van der Waals surface area contributed by atoms with Crippen LogP contribution in [0.4, 0.5) is 16.2 Å². The van der Waals surface area contributed by atoms with Gasteiger partial charge >= 0.3 is 6.09 Å². The van der Waals surface area contributed by atoms with Crippen LogP contribution in [0.5, 0.6) is 0 Å². The van der Waals surface area contributed by atoms with Crippen molar-refractivity contribution in [1.29, 1.82) is 5.26 Å². The summed E-state index contributed by atoms with van der Waals surface area (Å²) < 4.78 is 4.65. The molecular formula is C16H17N5O5. The molecule has 1 aromatic rings. The van der Waals surface area contributed by atoms with E-state index in [9.17, 15) is 25.0 Å². The molecule has 1 fully saturated rings. The van der Waals surface area contributed by atoms with Gasteiger partial charge in [0.2, 0.25) is 0 Å². The Hall–Kier alpha value is -3.61. The number of piperazine rings is 1. The molecule has 1 saturated heterocycles. The number of nitro groups is 1. The monoisotopic (exact) mass is 359 g/mol. The number of methoxy groups -OCH3 is 1. The zero-order valence-corrected chi connectivity index (χ0v) is 14.0. The number of hydrogen-bond acceptors (Lipinski definition) is 7. The van der Waals surface area contributed by atoms with E-state index in [2.05, 4.69) is 10.1 Å². The van der Waals surface area contributed by atoms with E-state index in [1.807, 2.05) is 6.07 Å². The molecular weight excluding hydrogens is 342 g/mol. The molecule has 0 aliphatic carbocycles. The van der Waals surface area contributed by atoms with Gasteiger partial charge in [-0.3, -0.25) is 14.9 Å². The first-order chi connectivity index (χ1) is 12.4. The maximum absolute atomic E-state index is 12.2. The summed E-state index contributed by atoms with van der Waals surface area (Å²) in [5.74, 6) is -0.614. The number of carbonyl (C=O) groups is 2. The summed E-state index contributed by atoms with van der Waals surface area (Å²) in [5, 5.41) is 22.4. The molecule has 1 aromatic carbocycles. The summed E-state index contributed by atoms with van der Waals surface area (Å²) in [6.45, 7) is 1.77. The molecule has 2 amide bonds. The Balaban J connectivity index is 1.98. The van der Waals surface area contributed by atoms with Gasteiger partial charge in [0.15, 0.2) is 0 Å². The molecule has 0 unspecified atom stereocenters. The molecule has 136 valence electrons. The normalized spacial score (nSPS) is 14.4. The number of nitriles is 1. The number of non-ortho nitro benzene ring substituents is 1. The Labute approximate surface area is 149 Å². The zero-order chi connectivity index (χ0) is 19.1. The van der Waals surface area contributed by atoms with E-state index in [0.29, 0.717) is 31.9 Å². The molecule has 0 bridgehead atoms. The maximum Gasteiger partial charge on any atom is 0.409 e. The second-order valence-electron chi connectivity index (χ2n) is 5.41. The van der Waals surface area contributed by atoms with Crippen molar-refractivity contribution in [2.45, 2.75) is 0 Å². The number of benzene rings is 1. The minimum Gasteiger partial charge on any atom is -0.453 e. The molecule has 0 radical (unpaired) electrons. The molecule has 0 aromatic heterocycles. The number of rotatable bonds is 4. The van der Waals surface area contributed by atoms with Gasteiger partial charge in [0.05, 0.1) is 12.0 Å². The predicted octanol–water partition coefficient (Wildman–Crippen LogP) is 1.32. The largest absolute Gasteiger partial charge is 0.453 e. The summed E-state index contributed by atoms with van der Waals surface area (Å²) in [6, 6.07) is 7.14. The van der Waals surface area contributed by atoms with Crippen molar-refractivity contribution in [3.05, 3.63) is 46.2 Å². The standard InChI is InChI=1S/C16H17N5O5/c1-26-16(23)20-8-6-19(7-9-20)11-12(10-17)15(22)18-13-2-4-14(5-3-13)21(24)25/h2-5,11H,6-9H2,1H3,(H,18,22)/b12-11-. The highest BCUT2D eigenvalue weighted by atomic mass is 16.6. The van der Waals surface area contributed by atoms with Crippen LogP contribution in [0, 0.1) is 21.4 Å². The van der Waals surface area contributed by atoms with Gasteiger partial charge in [0.1, 0.15) is 11.6 Å². The highest BCUT2D eigenvalue weighted by Gasteiger charge is 2.21. The van der Waals surface area contributed by atoms with Crippen molar-refractivity contribution in [3.63, 3.8) is 0 Å². The zero-order valence-electron chi connectivity index (χ0n) is 14.0. The van der Waals surface area contributed by atoms with Crippen LogP contribution in [-0.4, -0.2) is 60.0 Å². The van der Waals surface area contributed by atoms with Crippen LogP contribution in [0.1, 0.15) is 0 Å². The van der Waals surface area contributed by atoms with Gasteiger partial charge in [0, 0.05) is 50.2 Å². The summed E-state index contributed by atoms with van der Waals surface area (Å²) >= 11 is 0. The Morgan fingerprint density at radius 1 is 1.27 bits per heavy atom. The van der Waals surface area contributed by atoms with Gasteiger partial charge in [-0.1, -0.05) is 0 Å². The number of ether oxygens (including phenoxy) is 1. The van der Waals surface area contributed by atoms with Crippen molar-refractivity contribution in [1.82, 2.24) is 9.80 Å². The Morgan fingerprint density at radius 2 is 1.88 bits per heavy atom. The average molecular weight is 359 g/mol. The van der Waals surface area contributed by atoms with Crippen molar-refractivity contribution in [2.75, 3.05) is 38.6 Å². The van der Waals surface area contributed by atoms with E-state index in [1.54, 1.807) is 4.90 Å². The first kappa shape index (κ1) is 18.7. The third-order valence-corrected chi connectivity index (χ3v) is 3.76. The van der Waals surface area contributed by atoms with Crippen molar-refractivity contribution < 1.29 is 19.2 Å². The quantitative estimate of drug-likeness (QED) is 0.371. The van der Waals surface area contributed by atoms with Gasteiger partial charge < -0.3 is 19.9 Å². The lowest BCUT2D eigenvalue weighted by Crippen LogP contribution is -2.47. The molecule has 10 nitrogen and oxygen atoms in total. The molecule has 1 heterocycles. The number of amides is 2. The van der Waals surface area contributed by atoms with Crippen molar-refractivity contribution >= 4 is 23.4 Å². The smallest absolute Gasteiger partial charge is 0.409 e. The maximum atomic E-state index is 12.2. The molecule has 1 N–H and O–H groups in total. The lowest BCUT2D eigenvalue weighted by atomic mass is 10.2. The van der Waals surface area contributed by atoms with Crippen LogP contribution in [0.2, 0.25) is 0 Å². The molecule has 1 aliphatic rings. The highest BCUT2D eigenvalue weighted by molar-refractivity contribution is 6.06. The molecule has 10 heteroatoms. The van der Waals surface area contributed by atoms with E-state index in [4.69, 9.17) is 0 Å². The first-order valence-electron chi connectivity index (χ1n) is 7.69. The number of nitro benzene ring substituents is 1. The fourth-order valence-electron chi connectivity index (χ4n) is 2.35. The Bertz CT molecular complexity index is 760. The van der Waals surface area contributed by atoms with E-state index in [1.165, 1.54) is 42.5 Å². The number of nitrogens with one attached hydrogen (secondary N) is 1. The number of hydrogen-bond donors (Lipinski definition) is 1. The van der Waals surface area contributed by atoms with Gasteiger partial charge in [-0.15, -0.1) is 0 Å². The number of nitrogens with zero attached hydrogens (tertiary/aromatic N) is 4. The second-order valence-corrected chi connectivity index (χ2v) is 5.41. The van der Waals surface area contributed by atoms with Crippen molar-refractivity contribution in [2.24, 2.45) is 0 Å². The third kappa shape index (κ3) is 4.70. The Kier molecular flexibility index (Phi) is 6.10. The third-order valence-electron chi connectivity index (χ3n) is 3.76. The minimum absolute atomic E-state index is 0.0949. The van der Waals surface area contributed by atoms with Crippen molar-refractivity contribution in [3.8, 4) is 6.07 Å².